The van der Waals surface area contributed by atoms with Crippen LogP contribution in [-0.4, -0.2) is 19.2 Å². The van der Waals surface area contributed by atoms with E-state index in [0.29, 0.717) is 0 Å². The molecule has 0 amide bonds. The van der Waals surface area contributed by atoms with E-state index in [1.165, 1.54) is 12.3 Å². The van der Waals surface area contributed by atoms with Crippen LogP contribution in [0.15, 0.2) is 29.4 Å². The van der Waals surface area contributed by atoms with Crippen LogP contribution in [0, 0.1) is 12.3 Å². The molecular formula is C9H9NO2S. The van der Waals surface area contributed by atoms with Gasteiger partial charge in [-0.05, 0) is 12.1 Å². The molecule has 0 aliphatic heterocycles. The fourth-order valence-corrected chi connectivity index (χ4v) is 1.93. The first-order valence-electron chi connectivity index (χ1n) is 3.74. The molecule has 4 heteroatoms. The Bertz CT molecular complexity index is 403. The molecule has 0 aromatic carbocycles. The van der Waals surface area contributed by atoms with E-state index in [0.717, 1.165) is 0 Å². The lowest BCUT2D eigenvalue weighted by atomic mass is 10.5. The van der Waals surface area contributed by atoms with Gasteiger partial charge < -0.3 is 0 Å². The standard InChI is InChI=1S/C9H9NO2S/c1-2-3-8-13(11,12)9-6-4-5-7-10-9/h1,4-7H,3,8H2. The summed E-state index contributed by atoms with van der Waals surface area (Å²) < 4.78 is 22.9. The number of hydrogen-bond donors (Lipinski definition) is 0. The third kappa shape index (κ3) is 2.56. The number of nitrogens with zero attached hydrogens (tertiary/aromatic N) is 1. The highest BCUT2D eigenvalue weighted by Gasteiger charge is 2.13. The van der Waals surface area contributed by atoms with E-state index in [1.54, 1.807) is 12.1 Å². The third-order valence-corrected chi connectivity index (χ3v) is 3.09. The van der Waals surface area contributed by atoms with E-state index < -0.39 is 9.84 Å². The summed E-state index contributed by atoms with van der Waals surface area (Å²) in [5.74, 6) is 2.25. The molecule has 0 unspecified atom stereocenters. The zero-order chi connectivity index (χ0) is 9.73. The van der Waals surface area contributed by atoms with Gasteiger partial charge in [-0.2, -0.15) is 0 Å². The fraction of sp³-hybridized carbons (Fsp3) is 0.222. The molecule has 0 saturated carbocycles. The van der Waals surface area contributed by atoms with E-state index in [-0.39, 0.29) is 17.2 Å². The molecule has 0 N–H and O–H groups in total. The fourth-order valence-electron chi connectivity index (χ4n) is 0.829. The molecule has 3 nitrogen and oxygen atoms in total. The minimum Gasteiger partial charge on any atom is -0.245 e. The van der Waals surface area contributed by atoms with Crippen molar-refractivity contribution in [3.8, 4) is 12.3 Å². The first-order valence-corrected chi connectivity index (χ1v) is 5.39. The number of hydrogen-bond acceptors (Lipinski definition) is 3. The SMILES string of the molecule is C#CCCS(=O)(=O)c1ccccn1. The zero-order valence-corrected chi connectivity index (χ0v) is 7.79. The Balaban J connectivity index is 2.90. The maximum atomic E-state index is 11.4. The molecule has 0 bridgehead atoms. The largest absolute Gasteiger partial charge is 0.245 e. The summed E-state index contributed by atoms with van der Waals surface area (Å²) in [5, 5.41) is 0.0882. The van der Waals surface area contributed by atoms with Crippen molar-refractivity contribution in [1.29, 1.82) is 0 Å². The van der Waals surface area contributed by atoms with Gasteiger partial charge in [0.15, 0.2) is 14.9 Å². The van der Waals surface area contributed by atoms with Gasteiger partial charge in [0.1, 0.15) is 0 Å². The lowest BCUT2D eigenvalue weighted by Gasteiger charge is -1.99. The molecule has 1 heterocycles. The van der Waals surface area contributed by atoms with Crippen molar-refractivity contribution in [1.82, 2.24) is 4.98 Å². The molecule has 13 heavy (non-hydrogen) atoms. The summed E-state index contributed by atoms with van der Waals surface area (Å²) in [6, 6.07) is 4.77. The molecule has 1 rings (SSSR count). The second-order valence-corrected chi connectivity index (χ2v) is 4.50. The normalized spacial score (nSPS) is 10.7. The molecule has 0 aliphatic rings. The highest BCUT2D eigenvalue weighted by molar-refractivity contribution is 7.91. The predicted molar refractivity (Wildman–Crippen MR) is 49.7 cm³/mol. The Morgan fingerprint density at radius 2 is 2.23 bits per heavy atom. The minimum atomic E-state index is -3.28. The van der Waals surface area contributed by atoms with Crippen LogP contribution in [0.1, 0.15) is 6.42 Å². The van der Waals surface area contributed by atoms with Gasteiger partial charge in [0, 0.05) is 12.6 Å². The number of rotatable bonds is 3. The summed E-state index contributed by atoms with van der Waals surface area (Å²) in [6.45, 7) is 0. The topological polar surface area (TPSA) is 47.0 Å². The molecule has 0 radical (unpaired) electrons. The Morgan fingerprint density at radius 1 is 1.46 bits per heavy atom. The monoisotopic (exact) mass is 195 g/mol. The highest BCUT2D eigenvalue weighted by atomic mass is 32.2. The van der Waals surface area contributed by atoms with Gasteiger partial charge >= 0.3 is 0 Å². The van der Waals surface area contributed by atoms with Crippen LogP contribution in [0.3, 0.4) is 0 Å². The van der Waals surface area contributed by atoms with Crippen LogP contribution < -0.4 is 0 Å². The molecule has 1 aromatic heterocycles. The van der Waals surface area contributed by atoms with Crippen LogP contribution in [0.5, 0.6) is 0 Å². The van der Waals surface area contributed by atoms with Crippen LogP contribution in [0.2, 0.25) is 0 Å². The van der Waals surface area contributed by atoms with Crippen molar-refractivity contribution >= 4 is 9.84 Å². The van der Waals surface area contributed by atoms with Crippen LogP contribution in [0.4, 0.5) is 0 Å². The average molecular weight is 195 g/mol. The maximum absolute atomic E-state index is 11.4. The molecule has 68 valence electrons. The van der Waals surface area contributed by atoms with Crippen LogP contribution in [0.25, 0.3) is 0 Å². The molecule has 0 aliphatic carbocycles. The van der Waals surface area contributed by atoms with Crippen molar-refractivity contribution in [2.45, 2.75) is 11.4 Å². The molecule has 0 fully saturated rings. The van der Waals surface area contributed by atoms with Gasteiger partial charge in [0.2, 0.25) is 0 Å². The van der Waals surface area contributed by atoms with Crippen molar-refractivity contribution < 1.29 is 8.42 Å². The minimum absolute atomic E-state index is 0.0412. The Hall–Kier alpha value is -1.34. The summed E-state index contributed by atoms with van der Waals surface area (Å²) in [4.78, 5) is 3.75. The summed E-state index contributed by atoms with van der Waals surface area (Å²) in [5.41, 5.74) is 0. The van der Waals surface area contributed by atoms with Gasteiger partial charge in [0.05, 0.1) is 5.75 Å². The van der Waals surface area contributed by atoms with E-state index in [1.807, 2.05) is 0 Å². The number of aromatic nitrogens is 1. The van der Waals surface area contributed by atoms with E-state index >= 15 is 0 Å². The van der Waals surface area contributed by atoms with Gasteiger partial charge in [0.25, 0.3) is 0 Å². The van der Waals surface area contributed by atoms with E-state index in [9.17, 15) is 8.42 Å². The number of pyridine rings is 1. The zero-order valence-electron chi connectivity index (χ0n) is 6.97. The molecule has 0 atom stereocenters. The summed E-state index contributed by atoms with van der Waals surface area (Å²) in [7, 11) is -3.28. The lowest BCUT2D eigenvalue weighted by Crippen LogP contribution is -2.07. The lowest BCUT2D eigenvalue weighted by molar-refractivity contribution is 0.592. The third-order valence-electron chi connectivity index (χ3n) is 1.47. The van der Waals surface area contributed by atoms with Crippen molar-refractivity contribution in [2.24, 2.45) is 0 Å². The van der Waals surface area contributed by atoms with Gasteiger partial charge in [-0.1, -0.05) is 6.07 Å². The predicted octanol–water partition coefficient (Wildman–Crippen LogP) is 0.879. The van der Waals surface area contributed by atoms with Crippen molar-refractivity contribution in [2.75, 3.05) is 5.75 Å². The number of terminal acetylenes is 1. The smallest absolute Gasteiger partial charge is 0.196 e. The van der Waals surface area contributed by atoms with Gasteiger partial charge in [-0.3, -0.25) is 0 Å². The quantitative estimate of drug-likeness (QED) is 0.672. The van der Waals surface area contributed by atoms with Crippen molar-refractivity contribution in [3.05, 3.63) is 24.4 Å². The summed E-state index contributed by atoms with van der Waals surface area (Å²) >= 11 is 0. The van der Waals surface area contributed by atoms with E-state index in [4.69, 9.17) is 6.42 Å². The average Bonchev–Trinajstić information content (AvgIpc) is 2.16. The second-order valence-electron chi connectivity index (χ2n) is 2.44. The van der Waals surface area contributed by atoms with Crippen LogP contribution in [-0.2, 0) is 9.84 Å². The molecule has 0 saturated heterocycles. The van der Waals surface area contributed by atoms with Gasteiger partial charge in [-0.15, -0.1) is 12.3 Å². The molecule has 1 aromatic rings. The molecule has 0 spiro atoms. The van der Waals surface area contributed by atoms with E-state index in [2.05, 4.69) is 10.9 Å². The first kappa shape index (κ1) is 9.75. The van der Waals surface area contributed by atoms with Gasteiger partial charge in [-0.25, -0.2) is 13.4 Å². The number of sulfone groups is 1. The Kier molecular flexibility index (Phi) is 3.04. The Labute approximate surface area is 77.7 Å². The van der Waals surface area contributed by atoms with Crippen LogP contribution >= 0.6 is 0 Å². The Morgan fingerprint density at radius 3 is 2.77 bits per heavy atom. The molecular weight excluding hydrogens is 186 g/mol. The first-order chi connectivity index (χ1) is 6.17. The second kappa shape index (κ2) is 4.06. The van der Waals surface area contributed by atoms with Crippen molar-refractivity contribution in [3.63, 3.8) is 0 Å². The maximum Gasteiger partial charge on any atom is 0.196 e. The summed E-state index contributed by atoms with van der Waals surface area (Å²) in [6.07, 6.45) is 6.65. The highest BCUT2D eigenvalue weighted by Crippen LogP contribution is 2.06.